The van der Waals surface area contributed by atoms with Crippen LogP contribution in [0.3, 0.4) is 0 Å². The van der Waals surface area contributed by atoms with Crippen LogP contribution >= 0.6 is 11.6 Å². The summed E-state index contributed by atoms with van der Waals surface area (Å²) in [5.41, 5.74) is 2.89. The number of fused-ring (bicyclic) bond motifs is 1. The van der Waals surface area contributed by atoms with Crippen LogP contribution in [0.15, 0.2) is 48.5 Å². The second-order valence-corrected chi connectivity index (χ2v) is 13.1. The summed E-state index contributed by atoms with van der Waals surface area (Å²) in [6.45, 7) is 4.16. The summed E-state index contributed by atoms with van der Waals surface area (Å²) >= 11 is 6.28. The molecule has 1 atom stereocenters. The average Bonchev–Trinajstić information content (AvgIpc) is 3.52. The Hall–Kier alpha value is -3.98. The standard InChI is InChI=1S/C39H53ClN4O5/c1-5-7-8-9-10-11-12-13-14-15-16-17-18-20-28-21-19-22-29(23-28)49-36(6-2)39(46)41-33-25-34(38(48-4)27-35(33)45)44-42-31-24-30(40)37(47-3)26-32(31)43-44/h19,21-27,36,45H,5-18,20H2,1-4H3,(H,41,46). The Bertz CT molecular complexity index is 1620. The smallest absolute Gasteiger partial charge is 0.265 e. The Morgan fingerprint density at radius 3 is 2.04 bits per heavy atom. The van der Waals surface area contributed by atoms with Crippen molar-refractivity contribution < 1.29 is 24.1 Å². The van der Waals surface area contributed by atoms with E-state index in [-0.39, 0.29) is 17.3 Å². The molecule has 10 heteroatoms. The van der Waals surface area contributed by atoms with Crippen molar-refractivity contribution in [1.29, 1.82) is 0 Å². The number of aryl methyl sites for hydroxylation is 1. The third-order valence-electron chi connectivity index (χ3n) is 8.83. The maximum absolute atomic E-state index is 13.4. The zero-order valence-corrected chi connectivity index (χ0v) is 30.4. The van der Waals surface area contributed by atoms with E-state index >= 15 is 0 Å². The molecule has 0 bridgehead atoms. The maximum atomic E-state index is 13.4. The fourth-order valence-electron chi connectivity index (χ4n) is 5.98. The summed E-state index contributed by atoms with van der Waals surface area (Å²) in [5.74, 6) is 0.895. The van der Waals surface area contributed by atoms with Gasteiger partial charge in [0.05, 0.1) is 24.9 Å². The zero-order valence-electron chi connectivity index (χ0n) is 29.6. The normalized spacial score (nSPS) is 11.9. The zero-order chi connectivity index (χ0) is 35.0. The van der Waals surface area contributed by atoms with Crippen LogP contribution in [0, 0.1) is 0 Å². The predicted octanol–water partition coefficient (Wildman–Crippen LogP) is 10.2. The summed E-state index contributed by atoms with van der Waals surface area (Å²) < 4.78 is 16.9. The van der Waals surface area contributed by atoms with E-state index in [0.29, 0.717) is 45.4 Å². The third kappa shape index (κ3) is 11.3. The summed E-state index contributed by atoms with van der Waals surface area (Å²) in [5, 5.41) is 23.0. The molecule has 4 aromatic rings. The molecule has 1 unspecified atom stereocenters. The highest BCUT2D eigenvalue weighted by Gasteiger charge is 2.22. The van der Waals surface area contributed by atoms with Gasteiger partial charge in [0.1, 0.15) is 39.7 Å². The fraction of sp³-hybridized carbons (Fsp3) is 0.513. The summed E-state index contributed by atoms with van der Waals surface area (Å²) in [6.07, 6.45) is 18.0. The Kier molecular flexibility index (Phi) is 15.3. The molecule has 9 nitrogen and oxygen atoms in total. The molecule has 0 aliphatic carbocycles. The Labute approximate surface area is 296 Å². The number of nitrogens with zero attached hydrogens (tertiary/aromatic N) is 3. The molecule has 0 aliphatic heterocycles. The van der Waals surface area contributed by atoms with Gasteiger partial charge in [0.15, 0.2) is 6.10 Å². The second kappa shape index (κ2) is 19.9. The molecule has 3 aromatic carbocycles. The molecule has 0 saturated heterocycles. The van der Waals surface area contributed by atoms with Gasteiger partial charge in [0.25, 0.3) is 5.91 Å². The van der Waals surface area contributed by atoms with Crippen LogP contribution in [0.25, 0.3) is 16.7 Å². The number of phenolic OH excluding ortho intramolecular Hbond substituents is 1. The number of halogens is 1. The number of phenols is 1. The SMILES string of the molecule is CCCCCCCCCCCCCCCc1cccc(OC(CC)C(=O)Nc2cc(-n3nc4cc(Cl)c(OC)cc4n3)c(OC)cc2O)c1. The van der Waals surface area contributed by atoms with E-state index < -0.39 is 6.10 Å². The number of methoxy groups -OCH3 is 2. The van der Waals surface area contributed by atoms with Gasteiger partial charge in [-0.2, -0.15) is 0 Å². The summed E-state index contributed by atoms with van der Waals surface area (Å²) in [6, 6.07) is 14.3. The number of aromatic nitrogens is 3. The van der Waals surface area contributed by atoms with Gasteiger partial charge in [0.2, 0.25) is 0 Å². The van der Waals surface area contributed by atoms with Crippen molar-refractivity contribution in [3.63, 3.8) is 0 Å². The van der Waals surface area contributed by atoms with Gasteiger partial charge in [-0.05, 0) is 49.1 Å². The van der Waals surface area contributed by atoms with Crippen LogP contribution in [-0.2, 0) is 11.2 Å². The van der Waals surface area contributed by atoms with Crippen molar-refractivity contribution >= 4 is 34.2 Å². The first-order valence-electron chi connectivity index (χ1n) is 17.9. The number of rotatable bonds is 22. The number of carbonyl (C=O) groups excluding carboxylic acids is 1. The largest absolute Gasteiger partial charge is 0.506 e. The molecule has 0 aliphatic rings. The number of ether oxygens (including phenoxy) is 3. The molecule has 1 heterocycles. The van der Waals surface area contributed by atoms with E-state index in [4.69, 9.17) is 25.8 Å². The third-order valence-corrected chi connectivity index (χ3v) is 9.13. The van der Waals surface area contributed by atoms with Gasteiger partial charge in [-0.15, -0.1) is 15.0 Å². The van der Waals surface area contributed by atoms with Gasteiger partial charge in [-0.3, -0.25) is 4.79 Å². The first-order chi connectivity index (χ1) is 23.9. The van der Waals surface area contributed by atoms with E-state index in [9.17, 15) is 9.90 Å². The molecular weight excluding hydrogens is 640 g/mol. The van der Waals surface area contributed by atoms with Crippen molar-refractivity contribution in [2.75, 3.05) is 19.5 Å². The van der Waals surface area contributed by atoms with Gasteiger partial charge < -0.3 is 24.6 Å². The van der Waals surface area contributed by atoms with Crippen LogP contribution < -0.4 is 19.5 Å². The molecule has 2 N–H and O–H groups in total. The number of unbranched alkanes of at least 4 members (excludes halogenated alkanes) is 12. The fourth-order valence-corrected chi connectivity index (χ4v) is 6.22. The topological polar surface area (TPSA) is 108 Å². The lowest BCUT2D eigenvalue weighted by Gasteiger charge is -2.19. The lowest BCUT2D eigenvalue weighted by molar-refractivity contribution is -0.122. The minimum absolute atomic E-state index is 0.162. The highest BCUT2D eigenvalue weighted by Crippen LogP contribution is 2.35. The summed E-state index contributed by atoms with van der Waals surface area (Å²) in [7, 11) is 3.01. The lowest BCUT2D eigenvalue weighted by atomic mass is 10.0. The van der Waals surface area contributed by atoms with Crippen molar-refractivity contribution in [2.24, 2.45) is 0 Å². The number of carbonyl (C=O) groups is 1. The highest BCUT2D eigenvalue weighted by molar-refractivity contribution is 6.32. The summed E-state index contributed by atoms with van der Waals surface area (Å²) in [4.78, 5) is 14.8. The number of nitrogens with one attached hydrogen (secondary N) is 1. The Balaban J connectivity index is 1.29. The van der Waals surface area contributed by atoms with Gasteiger partial charge in [0, 0.05) is 12.1 Å². The minimum atomic E-state index is -0.767. The van der Waals surface area contributed by atoms with E-state index in [2.05, 4.69) is 28.5 Å². The molecular formula is C39H53ClN4O5. The minimum Gasteiger partial charge on any atom is -0.506 e. The van der Waals surface area contributed by atoms with Crippen molar-refractivity contribution in [1.82, 2.24) is 15.0 Å². The molecule has 4 rings (SSSR count). The van der Waals surface area contributed by atoms with E-state index in [0.717, 1.165) is 12.8 Å². The van der Waals surface area contributed by atoms with Crippen LogP contribution in [0.2, 0.25) is 5.02 Å². The average molecular weight is 693 g/mol. The van der Waals surface area contributed by atoms with Gasteiger partial charge >= 0.3 is 0 Å². The number of benzene rings is 3. The maximum Gasteiger partial charge on any atom is 0.265 e. The van der Waals surface area contributed by atoms with Gasteiger partial charge in [-0.25, -0.2) is 0 Å². The van der Waals surface area contributed by atoms with Crippen LogP contribution in [-0.4, -0.2) is 46.3 Å². The molecule has 0 spiro atoms. The molecule has 0 radical (unpaired) electrons. The lowest BCUT2D eigenvalue weighted by Crippen LogP contribution is -2.32. The number of hydrogen-bond donors (Lipinski definition) is 2. The molecule has 0 saturated carbocycles. The van der Waals surface area contributed by atoms with E-state index in [1.807, 2.05) is 25.1 Å². The molecule has 266 valence electrons. The highest BCUT2D eigenvalue weighted by atomic mass is 35.5. The van der Waals surface area contributed by atoms with E-state index in [1.54, 1.807) is 18.2 Å². The quantitative estimate of drug-likeness (QED) is 0.0623. The Morgan fingerprint density at radius 1 is 0.816 bits per heavy atom. The predicted molar refractivity (Wildman–Crippen MR) is 198 cm³/mol. The number of amides is 1. The number of anilines is 1. The molecule has 1 amide bonds. The monoisotopic (exact) mass is 692 g/mol. The van der Waals surface area contributed by atoms with Gasteiger partial charge in [-0.1, -0.05) is 115 Å². The second-order valence-electron chi connectivity index (χ2n) is 12.7. The van der Waals surface area contributed by atoms with E-state index in [1.165, 1.54) is 108 Å². The van der Waals surface area contributed by atoms with Crippen LogP contribution in [0.4, 0.5) is 5.69 Å². The number of aromatic hydroxyl groups is 1. The van der Waals surface area contributed by atoms with Crippen molar-refractivity contribution in [3.05, 3.63) is 59.1 Å². The number of hydrogen-bond acceptors (Lipinski definition) is 7. The Morgan fingerprint density at radius 2 is 1.43 bits per heavy atom. The van der Waals surface area contributed by atoms with Crippen molar-refractivity contribution in [3.8, 4) is 28.7 Å². The molecule has 0 fully saturated rings. The van der Waals surface area contributed by atoms with Crippen LogP contribution in [0.1, 0.15) is 109 Å². The molecule has 49 heavy (non-hydrogen) atoms. The molecule has 1 aromatic heterocycles. The first kappa shape index (κ1) is 37.8. The van der Waals surface area contributed by atoms with Crippen molar-refractivity contribution in [2.45, 2.75) is 116 Å². The van der Waals surface area contributed by atoms with Crippen LogP contribution in [0.5, 0.6) is 23.0 Å². The first-order valence-corrected chi connectivity index (χ1v) is 18.3.